The smallest absolute Gasteiger partial charge is 0.264 e. The minimum Gasteiger partial charge on any atom is -0.491 e. The van der Waals surface area contributed by atoms with Gasteiger partial charge in [-0.2, -0.15) is 5.10 Å². The van der Waals surface area contributed by atoms with E-state index in [4.69, 9.17) is 4.74 Å². The lowest BCUT2D eigenvalue weighted by atomic mass is 9.70. The average molecular weight is 412 g/mol. The van der Waals surface area contributed by atoms with Crippen LogP contribution in [0.1, 0.15) is 59.4 Å². The van der Waals surface area contributed by atoms with E-state index in [0.717, 1.165) is 17.7 Å². The summed E-state index contributed by atoms with van der Waals surface area (Å²) in [4.78, 5) is 13.0. The van der Waals surface area contributed by atoms with Crippen LogP contribution in [0, 0.1) is 16.7 Å². The Balaban J connectivity index is 1.48. The van der Waals surface area contributed by atoms with Gasteiger partial charge in [-0.1, -0.05) is 32.9 Å². The number of hydrogen-bond acceptors (Lipinski definition) is 5. The van der Waals surface area contributed by atoms with Crippen molar-refractivity contribution >= 4 is 34.6 Å². The quantitative estimate of drug-likeness (QED) is 0.545. The van der Waals surface area contributed by atoms with Crippen molar-refractivity contribution in [2.45, 2.75) is 60.0 Å². The van der Waals surface area contributed by atoms with E-state index in [2.05, 4.69) is 36.3 Å². The van der Waals surface area contributed by atoms with Crippen molar-refractivity contribution in [3.63, 3.8) is 0 Å². The van der Waals surface area contributed by atoms with Crippen LogP contribution in [0.15, 0.2) is 39.4 Å². The van der Waals surface area contributed by atoms with Crippen molar-refractivity contribution in [3.8, 4) is 5.75 Å². The third-order valence-electron chi connectivity index (χ3n) is 6.97. The first-order valence-corrected chi connectivity index (χ1v) is 11.1. The molecule has 0 radical (unpaired) electrons. The summed E-state index contributed by atoms with van der Waals surface area (Å²) in [5, 5.41) is 12.4. The summed E-state index contributed by atoms with van der Waals surface area (Å²) in [6.07, 6.45) is 5.48. The van der Waals surface area contributed by atoms with Gasteiger partial charge in [0, 0.05) is 11.1 Å². The fourth-order valence-corrected chi connectivity index (χ4v) is 5.50. The lowest BCUT2D eigenvalue weighted by Crippen LogP contribution is -2.32. The van der Waals surface area contributed by atoms with Crippen LogP contribution >= 0.6 is 11.8 Å². The number of amides is 1. The van der Waals surface area contributed by atoms with Crippen molar-refractivity contribution in [1.29, 1.82) is 0 Å². The van der Waals surface area contributed by atoms with Crippen molar-refractivity contribution in [2.24, 2.45) is 27.0 Å². The number of amidine groups is 1. The van der Waals surface area contributed by atoms with Crippen LogP contribution in [0.5, 0.6) is 5.75 Å². The van der Waals surface area contributed by atoms with E-state index in [1.807, 2.05) is 44.2 Å². The Morgan fingerprint density at radius 1 is 1.21 bits per heavy atom. The molecule has 1 aliphatic heterocycles. The van der Waals surface area contributed by atoms with Gasteiger partial charge in [0.15, 0.2) is 5.17 Å². The maximum Gasteiger partial charge on any atom is 0.264 e. The molecule has 0 spiro atoms. The van der Waals surface area contributed by atoms with Gasteiger partial charge in [0.25, 0.3) is 5.91 Å². The number of ether oxygens (including phenoxy) is 1. The number of rotatable bonds is 4. The Labute approximate surface area is 177 Å². The molecule has 3 fully saturated rings. The second-order valence-corrected chi connectivity index (χ2v) is 10.3. The molecule has 5 nitrogen and oxygen atoms in total. The van der Waals surface area contributed by atoms with Crippen molar-refractivity contribution in [2.75, 3.05) is 0 Å². The van der Waals surface area contributed by atoms with Crippen molar-refractivity contribution < 1.29 is 9.53 Å². The Hall–Kier alpha value is -2.08. The summed E-state index contributed by atoms with van der Waals surface area (Å²) in [5.41, 5.74) is 2.52. The molecule has 1 aromatic rings. The molecule has 4 rings (SSSR count). The number of thioether (sulfide) groups is 1. The molecular formula is C23H29N3O2S. The van der Waals surface area contributed by atoms with Gasteiger partial charge in [-0.15, -0.1) is 5.10 Å². The summed E-state index contributed by atoms with van der Waals surface area (Å²) in [6, 6.07) is 7.74. The van der Waals surface area contributed by atoms with Crippen LogP contribution < -0.4 is 10.1 Å². The maximum absolute atomic E-state index is 12.3. The first kappa shape index (κ1) is 20.2. The monoisotopic (exact) mass is 411 g/mol. The molecule has 29 heavy (non-hydrogen) atoms. The highest BCUT2D eigenvalue weighted by Gasteiger charge is 2.60. The summed E-state index contributed by atoms with van der Waals surface area (Å²) in [5.74, 6) is 1.39. The first-order chi connectivity index (χ1) is 13.7. The number of carbonyl (C=O) groups is 1. The second kappa shape index (κ2) is 7.31. The third-order valence-corrected chi connectivity index (χ3v) is 7.87. The highest BCUT2D eigenvalue weighted by molar-refractivity contribution is 8.18. The molecular weight excluding hydrogens is 382 g/mol. The van der Waals surface area contributed by atoms with Gasteiger partial charge in [-0.05, 0) is 80.0 Å². The van der Waals surface area contributed by atoms with Crippen LogP contribution in [0.2, 0.25) is 0 Å². The summed E-state index contributed by atoms with van der Waals surface area (Å²) in [6.45, 7) is 11.0. The topological polar surface area (TPSA) is 63.1 Å². The number of fused-ring (bicyclic) bond motifs is 2. The molecule has 0 unspecified atom stereocenters. The van der Waals surface area contributed by atoms with E-state index in [1.54, 1.807) is 0 Å². The molecule has 2 bridgehead atoms. The number of hydrogen-bond donors (Lipinski definition) is 1. The fraction of sp³-hybridized carbons (Fsp3) is 0.522. The minimum atomic E-state index is -0.129. The molecule has 2 saturated carbocycles. The van der Waals surface area contributed by atoms with E-state index in [0.29, 0.717) is 16.0 Å². The van der Waals surface area contributed by atoms with Crippen molar-refractivity contribution in [3.05, 3.63) is 34.7 Å². The van der Waals surface area contributed by atoms with Gasteiger partial charge < -0.3 is 4.74 Å². The van der Waals surface area contributed by atoms with Gasteiger partial charge >= 0.3 is 0 Å². The van der Waals surface area contributed by atoms with E-state index in [1.165, 1.54) is 30.3 Å². The van der Waals surface area contributed by atoms with Crippen LogP contribution in [-0.4, -0.2) is 22.9 Å². The second-order valence-electron chi connectivity index (χ2n) is 9.25. The Morgan fingerprint density at radius 2 is 1.93 bits per heavy atom. The van der Waals surface area contributed by atoms with E-state index in [-0.39, 0.29) is 22.8 Å². The Morgan fingerprint density at radius 3 is 2.52 bits per heavy atom. The maximum atomic E-state index is 12.3. The lowest BCUT2D eigenvalue weighted by Gasteiger charge is -2.34. The lowest BCUT2D eigenvalue weighted by molar-refractivity contribution is -0.115. The number of nitrogens with one attached hydrogen (secondary N) is 1. The number of nitrogens with zero attached hydrogens (tertiary/aromatic N) is 2. The van der Waals surface area contributed by atoms with Gasteiger partial charge in [0.2, 0.25) is 0 Å². The third kappa shape index (κ3) is 3.63. The Bertz CT molecular complexity index is 915. The van der Waals surface area contributed by atoms with E-state index < -0.39 is 0 Å². The number of carbonyl (C=O) groups excluding carboxylic acids is 1. The van der Waals surface area contributed by atoms with Crippen LogP contribution in [0.25, 0.3) is 6.08 Å². The molecule has 2 aliphatic carbocycles. The van der Waals surface area contributed by atoms with E-state index in [9.17, 15) is 4.79 Å². The van der Waals surface area contributed by atoms with Gasteiger partial charge in [0.1, 0.15) is 5.75 Å². The van der Waals surface area contributed by atoms with Crippen molar-refractivity contribution in [1.82, 2.24) is 5.32 Å². The molecule has 0 aromatic heterocycles. The van der Waals surface area contributed by atoms with Crippen LogP contribution in [0.3, 0.4) is 0 Å². The molecule has 1 amide bonds. The minimum absolute atomic E-state index is 0.119. The molecule has 6 heteroatoms. The van der Waals surface area contributed by atoms with Gasteiger partial charge in [-0.25, -0.2) is 0 Å². The summed E-state index contributed by atoms with van der Waals surface area (Å²) < 4.78 is 5.66. The molecule has 3 aliphatic rings. The first-order valence-electron chi connectivity index (χ1n) is 10.3. The SMILES string of the molecule is CC(C)Oc1ccc(/C=C2/S/C(=N\N=C3\C[C@@H]4CC[C@@]3(C)C4(C)C)NC2=O)cc1. The van der Waals surface area contributed by atoms with Gasteiger partial charge in [-0.3, -0.25) is 10.1 Å². The predicted molar refractivity (Wildman–Crippen MR) is 120 cm³/mol. The Kier molecular flexibility index (Phi) is 5.09. The zero-order valence-corrected chi connectivity index (χ0v) is 18.6. The molecule has 1 saturated heterocycles. The van der Waals surface area contributed by atoms with E-state index >= 15 is 0 Å². The predicted octanol–water partition coefficient (Wildman–Crippen LogP) is 5.24. The normalized spacial score (nSPS) is 32.0. The molecule has 2 atom stereocenters. The largest absolute Gasteiger partial charge is 0.491 e. The molecule has 154 valence electrons. The highest BCUT2D eigenvalue weighted by atomic mass is 32.2. The molecule has 1 N–H and O–H groups in total. The van der Waals surface area contributed by atoms with Gasteiger partial charge in [0.05, 0.1) is 11.0 Å². The summed E-state index contributed by atoms with van der Waals surface area (Å²) >= 11 is 1.34. The highest BCUT2D eigenvalue weighted by Crippen LogP contribution is 2.64. The molecule has 1 aromatic carbocycles. The summed E-state index contributed by atoms with van der Waals surface area (Å²) in [7, 11) is 0. The fourth-order valence-electron chi connectivity index (χ4n) is 4.73. The zero-order valence-electron chi connectivity index (χ0n) is 17.8. The molecule has 1 heterocycles. The van der Waals surface area contributed by atoms with Crippen LogP contribution in [-0.2, 0) is 4.79 Å². The average Bonchev–Trinajstić information content (AvgIpc) is 3.18. The standard InChI is InChI=1S/C23H29N3O2S/c1-14(2)28-17-8-6-15(7-9-17)12-18-20(27)24-21(29-18)26-25-19-13-16-10-11-23(19,5)22(16,3)4/h6-9,12,14,16H,10-11,13H2,1-5H3,(H,24,26,27)/b18-12+,25-19-/t16-,23+/m0/s1. The van der Waals surface area contributed by atoms with Crippen LogP contribution in [0.4, 0.5) is 0 Å². The number of benzene rings is 1. The zero-order chi connectivity index (χ0) is 20.8.